The highest BCUT2D eigenvalue weighted by atomic mass is 32.2. The molecule has 1 rings (SSSR count). The smallest absolute Gasteiger partial charge is 0.306 e. The summed E-state index contributed by atoms with van der Waals surface area (Å²) in [4.78, 5) is 22.7. The number of hydrogen-bond donors (Lipinski definition) is 1. The minimum Gasteiger partial charge on any atom is -0.456 e. The van der Waals surface area contributed by atoms with Gasteiger partial charge in [0.1, 0.15) is 0 Å². The third-order valence-electron chi connectivity index (χ3n) is 3.13. The second-order valence-electron chi connectivity index (χ2n) is 4.68. The maximum atomic E-state index is 12.3. The lowest BCUT2D eigenvalue weighted by atomic mass is 10.3. The van der Waals surface area contributed by atoms with Gasteiger partial charge in [-0.15, -0.1) is 0 Å². The molecular formula is C15H22N2O5S. The lowest BCUT2D eigenvalue weighted by Crippen LogP contribution is -2.30. The maximum Gasteiger partial charge on any atom is 0.306 e. The van der Waals surface area contributed by atoms with Gasteiger partial charge in [0.2, 0.25) is 10.0 Å². The van der Waals surface area contributed by atoms with E-state index in [1.807, 2.05) is 0 Å². The van der Waals surface area contributed by atoms with Crippen LogP contribution in [0.4, 0.5) is 5.69 Å². The van der Waals surface area contributed by atoms with E-state index >= 15 is 0 Å². The summed E-state index contributed by atoms with van der Waals surface area (Å²) in [6.45, 7) is 5.59. The Kier molecular flexibility index (Phi) is 7.18. The molecule has 0 heterocycles. The number of carbonyl (C=O) groups is 2. The summed E-state index contributed by atoms with van der Waals surface area (Å²) >= 11 is 0. The second-order valence-corrected chi connectivity index (χ2v) is 6.61. The molecule has 1 N–H and O–H groups in total. The van der Waals surface area contributed by atoms with E-state index in [4.69, 9.17) is 4.74 Å². The quantitative estimate of drug-likeness (QED) is 0.725. The molecule has 0 aliphatic heterocycles. The largest absolute Gasteiger partial charge is 0.456 e. The van der Waals surface area contributed by atoms with Crippen LogP contribution < -0.4 is 5.32 Å². The normalized spacial score (nSPS) is 11.3. The van der Waals surface area contributed by atoms with Gasteiger partial charge in [0.05, 0.1) is 4.90 Å². The van der Waals surface area contributed by atoms with Gasteiger partial charge in [0, 0.05) is 25.2 Å². The topological polar surface area (TPSA) is 92.8 Å². The van der Waals surface area contributed by atoms with Crippen LogP contribution in [0.5, 0.6) is 0 Å². The average Bonchev–Trinajstić information content (AvgIpc) is 2.54. The fourth-order valence-corrected chi connectivity index (χ4v) is 3.33. The van der Waals surface area contributed by atoms with Crippen LogP contribution in [-0.4, -0.2) is 44.3 Å². The monoisotopic (exact) mass is 342 g/mol. The summed E-state index contributed by atoms with van der Waals surface area (Å²) in [5.41, 5.74) is 0.432. The lowest BCUT2D eigenvalue weighted by Gasteiger charge is -2.18. The van der Waals surface area contributed by atoms with Gasteiger partial charge >= 0.3 is 5.97 Å². The van der Waals surface area contributed by atoms with Crippen molar-refractivity contribution >= 4 is 27.6 Å². The number of carbonyl (C=O) groups excluding carboxylic acids is 2. The fourth-order valence-electron chi connectivity index (χ4n) is 1.87. The first kappa shape index (κ1) is 19.1. The van der Waals surface area contributed by atoms with Crippen LogP contribution in [0.25, 0.3) is 0 Å². The Bertz CT molecular complexity index is 636. The van der Waals surface area contributed by atoms with Crippen molar-refractivity contribution in [2.24, 2.45) is 0 Å². The first-order chi connectivity index (χ1) is 10.8. The Balaban J connectivity index is 2.73. The van der Waals surface area contributed by atoms with Gasteiger partial charge in [-0.3, -0.25) is 9.59 Å². The van der Waals surface area contributed by atoms with Crippen molar-refractivity contribution in [2.75, 3.05) is 25.0 Å². The molecule has 128 valence electrons. The van der Waals surface area contributed by atoms with Crippen molar-refractivity contribution in [1.29, 1.82) is 0 Å². The SMILES string of the molecule is CCC(=O)OCC(=O)Nc1ccc(S(=O)(=O)N(CC)CC)cc1. The van der Waals surface area contributed by atoms with Gasteiger partial charge in [-0.2, -0.15) is 4.31 Å². The number of sulfonamides is 1. The number of hydrogen-bond acceptors (Lipinski definition) is 5. The number of nitrogens with zero attached hydrogens (tertiary/aromatic N) is 1. The highest BCUT2D eigenvalue weighted by Gasteiger charge is 2.21. The number of ether oxygens (including phenoxy) is 1. The molecule has 23 heavy (non-hydrogen) atoms. The molecule has 0 aromatic heterocycles. The van der Waals surface area contributed by atoms with E-state index < -0.39 is 21.9 Å². The van der Waals surface area contributed by atoms with E-state index in [0.717, 1.165) is 0 Å². The Labute approximate surface area is 136 Å². The van der Waals surface area contributed by atoms with Gasteiger partial charge < -0.3 is 10.1 Å². The number of rotatable bonds is 8. The van der Waals surface area contributed by atoms with Crippen LogP contribution in [-0.2, 0) is 24.3 Å². The number of nitrogens with one attached hydrogen (secondary N) is 1. The molecule has 0 fully saturated rings. The molecule has 0 bridgehead atoms. The molecule has 0 radical (unpaired) electrons. The standard InChI is InChI=1S/C15H22N2O5S/c1-4-15(19)22-11-14(18)16-12-7-9-13(10-8-12)23(20,21)17(5-2)6-3/h7-10H,4-6,11H2,1-3H3,(H,16,18). The minimum atomic E-state index is -3.52. The predicted octanol–water partition coefficient (Wildman–Crippen LogP) is 1.61. The van der Waals surface area contributed by atoms with Crippen molar-refractivity contribution in [3.63, 3.8) is 0 Å². The summed E-state index contributed by atoms with van der Waals surface area (Å²) in [6.07, 6.45) is 0.200. The second kappa shape index (κ2) is 8.64. The Morgan fingerprint density at radius 2 is 1.65 bits per heavy atom. The molecule has 0 atom stereocenters. The minimum absolute atomic E-state index is 0.164. The molecule has 7 nitrogen and oxygen atoms in total. The van der Waals surface area contributed by atoms with Crippen molar-refractivity contribution in [3.8, 4) is 0 Å². The first-order valence-corrected chi connectivity index (χ1v) is 8.84. The molecule has 0 spiro atoms. The molecule has 0 aliphatic rings. The van der Waals surface area contributed by atoms with Crippen LogP contribution in [0.15, 0.2) is 29.2 Å². The van der Waals surface area contributed by atoms with Crippen molar-refractivity contribution in [2.45, 2.75) is 32.1 Å². The van der Waals surface area contributed by atoms with Crippen molar-refractivity contribution in [1.82, 2.24) is 4.31 Å². The van der Waals surface area contributed by atoms with Crippen LogP contribution >= 0.6 is 0 Å². The fraction of sp³-hybridized carbons (Fsp3) is 0.467. The number of benzene rings is 1. The Hall–Kier alpha value is -1.93. The lowest BCUT2D eigenvalue weighted by molar-refractivity contribution is -0.146. The number of anilines is 1. The third-order valence-corrected chi connectivity index (χ3v) is 5.20. The predicted molar refractivity (Wildman–Crippen MR) is 86.4 cm³/mol. The van der Waals surface area contributed by atoms with E-state index in [-0.39, 0.29) is 17.9 Å². The highest BCUT2D eigenvalue weighted by molar-refractivity contribution is 7.89. The number of esters is 1. The summed E-state index contributed by atoms with van der Waals surface area (Å²) < 4.78 is 30.7. The zero-order chi connectivity index (χ0) is 17.5. The molecule has 0 aliphatic carbocycles. The molecule has 8 heteroatoms. The maximum absolute atomic E-state index is 12.3. The third kappa shape index (κ3) is 5.33. The number of amides is 1. The van der Waals surface area contributed by atoms with Gasteiger partial charge in [0.15, 0.2) is 6.61 Å². The van der Waals surface area contributed by atoms with Gasteiger partial charge in [-0.05, 0) is 24.3 Å². The van der Waals surface area contributed by atoms with Crippen LogP contribution in [0.2, 0.25) is 0 Å². The zero-order valence-electron chi connectivity index (χ0n) is 13.5. The van der Waals surface area contributed by atoms with Crippen LogP contribution in [0.1, 0.15) is 27.2 Å². The molecule has 1 aromatic rings. The molecule has 1 aromatic carbocycles. The van der Waals surface area contributed by atoms with E-state index in [1.54, 1.807) is 20.8 Å². The first-order valence-electron chi connectivity index (χ1n) is 7.40. The van der Waals surface area contributed by atoms with E-state index in [9.17, 15) is 18.0 Å². The summed E-state index contributed by atoms with van der Waals surface area (Å²) in [7, 11) is -3.52. The summed E-state index contributed by atoms with van der Waals surface area (Å²) in [5, 5.41) is 2.53. The highest BCUT2D eigenvalue weighted by Crippen LogP contribution is 2.18. The average molecular weight is 342 g/mol. The van der Waals surface area contributed by atoms with Crippen molar-refractivity contribution < 1.29 is 22.7 Å². The van der Waals surface area contributed by atoms with Gasteiger partial charge in [-0.25, -0.2) is 8.42 Å². The van der Waals surface area contributed by atoms with E-state index in [2.05, 4.69) is 5.32 Å². The molecule has 0 saturated carbocycles. The van der Waals surface area contributed by atoms with Gasteiger partial charge in [0.25, 0.3) is 5.91 Å². The van der Waals surface area contributed by atoms with Crippen LogP contribution in [0.3, 0.4) is 0 Å². The van der Waals surface area contributed by atoms with E-state index in [0.29, 0.717) is 18.8 Å². The van der Waals surface area contributed by atoms with E-state index in [1.165, 1.54) is 28.6 Å². The molecule has 0 unspecified atom stereocenters. The Morgan fingerprint density at radius 1 is 1.09 bits per heavy atom. The Morgan fingerprint density at radius 3 is 2.13 bits per heavy atom. The van der Waals surface area contributed by atoms with Crippen LogP contribution in [0, 0.1) is 0 Å². The van der Waals surface area contributed by atoms with Gasteiger partial charge in [-0.1, -0.05) is 20.8 Å². The molecule has 1 amide bonds. The molecule has 0 saturated heterocycles. The summed E-state index contributed by atoms with van der Waals surface area (Å²) in [5.74, 6) is -0.938. The molecular weight excluding hydrogens is 320 g/mol. The zero-order valence-corrected chi connectivity index (χ0v) is 14.4. The van der Waals surface area contributed by atoms with Crippen molar-refractivity contribution in [3.05, 3.63) is 24.3 Å². The summed E-state index contributed by atoms with van der Waals surface area (Å²) in [6, 6.07) is 5.86.